The Hall–Kier alpha value is -5.16. The minimum atomic E-state index is -0.852. The second-order valence-corrected chi connectivity index (χ2v) is 10.9. The maximum Gasteiger partial charge on any atom is 0.326 e. The number of fused-ring (bicyclic) bond motifs is 1. The number of likely N-dealkylation sites (tertiary alicyclic amines) is 1. The normalized spacial score (nSPS) is 19.3. The number of benzene rings is 3. The van der Waals surface area contributed by atoms with Gasteiger partial charge in [0.15, 0.2) is 0 Å². The highest BCUT2D eigenvalue weighted by Gasteiger charge is 2.36. The Morgan fingerprint density at radius 1 is 0.953 bits per heavy atom. The number of imide groups is 1. The average molecular weight is 579 g/mol. The molecule has 3 aromatic carbocycles. The largest absolute Gasteiger partial charge is 0.326 e. The van der Waals surface area contributed by atoms with Crippen LogP contribution >= 0.6 is 0 Å². The quantitative estimate of drug-likeness (QED) is 0.111. The van der Waals surface area contributed by atoms with Gasteiger partial charge >= 0.3 is 6.03 Å². The monoisotopic (exact) mass is 578 g/mol. The molecule has 218 valence electrons. The number of anilines is 1. The van der Waals surface area contributed by atoms with Crippen LogP contribution in [0.5, 0.6) is 0 Å². The molecule has 0 saturated carbocycles. The maximum atomic E-state index is 13.3. The molecule has 0 radical (unpaired) electrons. The van der Waals surface area contributed by atoms with Gasteiger partial charge in [0.2, 0.25) is 5.91 Å². The predicted molar refractivity (Wildman–Crippen MR) is 162 cm³/mol. The molecule has 43 heavy (non-hydrogen) atoms. The predicted octanol–water partition coefficient (Wildman–Crippen LogP) is 4.66. The molecule has 3 aliphatic heterocycles. The molecule has 0 bridgehead atoms. The Balaban J connectivity index is 1.31. The number of carbonyl (C=O) groups is 3. The summed E-state index contributed by atoms with van der Waals surface area (Å²) in [7, 11) is 0. The van der Waals surface area contributed by atoms with Crippen LogP contribution in [0.1, 0.15) is 47.4 Å². The minimum absolute atomic E-state index is 0.103. The van der Waals surface area contributed by atoms with Crippen molar-refractivity contribution in [3.63, 3.8) is 0 Å². The number of hydrogen-bond acceptors (Lipinski definition) is 7. The fourth-order valence-corrected chi connectivity index (χ4v) is 5.72. The standard InChI is InChI=1S/C32H30N6O5/c39-30-27(35-32(41)36-30)18-21-7-11-23(12-8-21)33-29(28-25-19-24(38(42)43)13-14-26(25)34-31(28)40)22-9-5-20(6-10-22)4-3-17-37-15-1-2-16-37/h5-14,18-19,28H,1-4,15-17H2,(H,34,40)(H2,35,36,39,41). The van der Waals surface area contributed by atoms with Crippen molar-refractivity contribution in [3.05, 3.63) is 105 Å². The molecule has 11 nitrogen and oxygen atoms in total. The molecule has 4 amide bonds. The van der Waals surface area contributed by atoms with Crippen molar-refractivity contribution in [2.24, 2.45) is 4.99 Å². The highest BCUT2D eigenvalue weighted by molar-refractivity contribution is 6.24. The van der Waals surface area contributed by atoms with E-state index in [1.54, 1.807) is 36.4 Å². The van der Waals surface area contributed by atoms with E-state index in [1.165, 1.54) is 43.6 Å². The van der Waals surface area contributed by atoms with Crippen LogP contribution in [-0.2, 0) is 16.0 Å². The average Bonchev–Trinajstić information content (AvgIpc) is 3.71. The number of aryl methyl sites for hydroxylation is 1. The van der Waals surface area contributed by atoms with Gasteiger partial charge in [-0.05, 0) is 86.3 Å². The van der Waals surface area contributed by atoms with Crippen molar-refractivity contribution in [2.75, 3.05) is 25.0 Å². The molecule has 6 rings (SSSR count). The van der Waals surface area contributed by atoms with Gasteiger partial charge < -0.3 is 15.5 Å². The van der Waals surface area contributed by atoms with E-state index in [1.807, 2.05) is 24.3 Å². The van der Waals surface area contributed by atoms with E-state index in [0.29, 0.717) is 28.2 Å². The molecular weight excluding hydrogens is 548 g/mol. The summed E-state index contributed by atoms with van der Waals surface area (Å²) in [6.45, 7) is 3.42. The van der Waals surface area contributed by atoms with Crippen LogP contribution < -0.4 is 16.0 Å². The third kappa shape index (κ3) is 6.21. The van der Waals surface area contributed by atoms with Crippen LogP contribution in [0.3, 0.4) is 0 Å². The van der Waals surface area contributed by atoms with Crippen molar-refractivity contribution in [2.45, 2.75) is 31.6 Å². The Morgan fingerprint density at radius 3 is 2.37 bits per heavy atom. The zero-order valence-electron chi connectivity index (χ0n) is 23.3. The topological polar surface area (TPSA) is 146 Å². The molecule has 3 N–H and O–H groups in total. The summed E-state index contributed by atoms with van der Waals surface area (Å²) in [5.41, 5.74) is 4.67. The first kappa shape index (κ1) is 28.0. The molecule has 2 fully saturated rings. The van der Waals surface area contributed by atoms with Gasteiger partial charge in [-0.2, -0.15) is 0 Å². The molecule has 3 aliphatic rings. The van der Waals surface area contributed by atoms with Crippen LogP contribution in [-0.4, -0.2) is 53.0 Å². The van der Waals surface area contributed by atoms with E-state index in [9.17, 15) is 24.5 Å². The number of nitro groups is 1. The van der Waals surface area contributed by atoms with E-state index in [4.69, 9.17) is 4.99 Å². The number of urea groups is 1. The molecule has 0 aromatic heterocycles. The third-order valence-corrected chi connectivity index (χ3v) is 7.91. The first-order valence-electron chi connectivity index (χ1n) is 14.3. The highest BCUT2D eigenvalue weighted by atomic mass is 16.6. The molecule has 0 spiro atoms. The van der Waals surface area contributed by atoms with Gasteiger partial charge in [-0.3, -0.25) is 30.0 Å². The number of nitrogens with one attached hydrogen (secondary N) is 3. The van der Waals surface area contributed by atoms with Crippen LogP contribution in [0.2, 0.25) is 0 Å². The zero-order valence-corrected chi connectivity index (χ0v) is 23.3. The van der Waals surface area contributed by atoms with Gasteiger partial charge in [0, 0.05) is 23.4 Å². The fourth-order valence-electron chi connectivity index (χ4n) is 5.72. The lowest BCUT2D eigenvalue weighted by atomic mass is 9.89. The number of aliphatic imine (C=N–C) groups is 1. The molecular formula is C32H30N6O5. The fraction of sp³-hybridized carbons (Fsp3) is 0.250. The first-order chi connectivity index (χ1) is 20.8. The second-order valence-electron chi connectivity index (χ2n) is 10.9. The summed E-state index contributed by atoms with van der Waals surface area (Å²) >= 11 is 0. The van der Waals surface area contributed by atoms with Gasteiger partial charge in [0.05, 0.1) is 16.3 Å². The lowest BCUT2D eigenvalue weighted by Crippen LogP contribution is -2.22. The molecule has 2 saturated heterocycles. The summed E-state index contributed by atoms with van der Waals surface area (Å²) in [5, 5.41) is 19.0. The van der Waals surface area contributed by atoms with Crippen LogP contribution in [0.15, 0.2) is 77.4 Å². The molecule has 1 unspecified atom stereocenters. The Bertz CT molecular complexity index is 1660. The van der Waals surface area contributed by atoms with Gasteiger partial charge in [0.1, 0.15) is 11.6 Å². The van der Waals surface area contributed by atoms with Gasteiger partial charge in [-0.25, -0.2) is 4.79 Å². The minimum Gasteiger partial charge on any atom is -0.325 e. The third-order valence-electron chi connectivity index (χ3n) is 7.91. The number of nitro benzene ring substituents is 1. The molecule has 11 heteroatoms. The summed E-state index contributed by atoms with van der Waals surface area (Å²) in [6, 6.07) is 18.8. The van der Waals surface area contributed by atoms with Crippen molar-refractivity contribution < 1.29 is 19.3 Å². The van der Waals surface area contributed by atoms with Crippen LogP contribution in [0, 0.1) is 10.1 Å². The molecule has 1 atom stereocenters. The number of hydrogen-bond donors (Lipinski definition) is 3. The SMILES string of the molecule is O=C1NC(=O)C(=Cc2ccc(N=C(c3ccc(CCCN4CCCC4)cc3)C3C(=O)Nc4ccc([N+](=O)[O-])cc43)cc2)N1. The first-order valence-corrected chi connectivity index (χ1v) is 14.3. The molecule has 3 aromatic rings. The second kappa shape index (κ2) is 12.0. The van der Waals surface area contributed by atoms with Gasteiger partial charge in [0.25, 0.3) is 11.6 Å². The van der Waals surface area contributed by atoms with E-state index >= 15 is 0 Å². The van der Waals surface area contributed by atoms with Crippen molar-refractivity contribution in [1.29, 1.82) is 0 Å². The van der Waals surface area contributed by atoms with E-state index < -0.39 is 22.8 Å². The highest BCUT2D eigenvalue weighted by Crippen LogP contribution is 2.38. The Morgan fingerprint density at radius 2 is 1.70 bits per heavy atom. The Kier molecular flexibility index (Phi) is 7.80. The summed E-state index contributed by atoms with van der Waals surface area (Å²) in [4.78, 5) is 55.0. The van der Waals surface area contributed by atoms with Crippen molar-refractivity contribution in [3.8, 4) is 0 Å². The van der Waals surface area contributed by atoms with Crippen molar-refractivity contribution >= 4 is 46.7 Å². The number of carbonyl (C=O) groups excluding carboxylic acids is 3. The Labute approximate surface area is 247 Å². The number of rotatable bonds is 9. The van der Waals surface area contributed by atoms with Crippen LogP contribution in [0.25, 0.3) is 6.08 Å². The number of amides is 4. The van der Waals surface area contributed by atoms with E-state index in [2.05, 4.69) is 20.9 Å². The van der Waals surface area contributed by atoms with Crippen molar-refractivity contribution in [1.82, 2.24) is 15.5 Å². The lowest BCUT2D eigenvalue weighted by Gasteiger charge is -2.15. The van der Waals surface area contributed by atoms with Gasteiger partial charge in [-0.1, -0.05) is 36.4 Å². The summed E-state index contributed by atoms with van der Waals surface area (Å²) < 4.78 is 0. The molecule has 0 aliphatic carbocycles. The maximum absolute atomic E-state index is 13.3. The van der Waals surface area contributed by atoms with E-state index in [0.717, 1.165) is 24.9 Å². The van der Waals surface area contributed by atoms with Gasteiger partial charge in [-0.15, -0.1) is 0 Å². The number of nitrogens with zero attached hydrogens (tertiary/aromatic N) is 3. The summed E-state index contributed by atoms with van der Waals surface area (Å²) in [6.07, 6.45) is 6.10. The smallest absolute Gasteiger partial charge is 0.325 e. The molecule has 3 heterocycles. The van der Waals surface area contributed by atoms with E-state index in [-0.39, 0.29) is 17.3 Å². The summed E-state index contributed by atoms with van der Waals surface area (Å²) in [5.74, 6) is -1.67. The zero-order chi connectivity index (χ0) is 29.9. The lowest BCUT2D eigenvalue weighted by molar-refractivity contribution is -0.384. The number of non-ortho nitro benzene ring substituents is 1. The van der Waals surface area contributed by atoms with Crippen LogP contribution in [0.4, 0.5) is 21.9 Å².